The first-order valence-electron chi connectivity index (χ1n) is 28.1. The maximum Gasteiger partial charge on any atom is 0.507 e. The Kier molecular flexibility index (Phi) is 21.7. The van der Waals surface area contributed by atoms with Crippen LogP contribution in [-0.4, -0.2) is 150 Å². The molecule has 10 rings (SSSR count). The molecular weight excluding hydrogens is 1100 g/mol. The number of carbonyl (C=O) groups is 5. The van der Waals surface area contributed by atoms with Crippen LogP contribution in [0, 0.1) is 50.4 Å². The Balaban J connectivity index is 0.000000202. The number of methoxy groups -OCH3 is 3. The highest BCUT2D eigenvalue weighted by atomic mass is 19.4. The van der Waals surface area contributed by atoms with Crippen LogP contribution in [0.25, 0.3) is 22.8 Å². The molecular formula is C63H71F3N10O9. The number of nitriles is 2. The summed E-state index contributed by atoms with van der Waals surface area (Å²) in [5, 5.41) is 28.6. The number of alkyl halides is 3. The minimum absolute atomic E-state index is 0.0591. The summed E-state index contributed by atoms with van der Waals surface area (Å²) in [5.74, 6) is -0.120. The minimum Gasteiger partial charge on any atom is -0.475 e. The molecule has 0 bridgehead atoms. The van der Waals surface area contributed by atoms with Gasteiger partial charge in [-0.1, -0.05) is 36.4 Å². The predicted octanol–water partition coefficient (Wildman–Crippen LogP) is 10.1. The Hall–Kier alpha value is -9.02. The average molecular weight is 1170 g/mol. The van der Waals surface area contributed by atoms with E-state index in [2.05, 4.69) is 68.1 Å². The molecule has 22 heteroatoms. The lowest BCUT2D eigenvalue weighted by Gasteiger charge is -2.32. The van der Waals surface area contributed by atoms with Crippen molar-refractivity contribution in [2.45, 2.75) is 97.1 Å². The fourth-order valence-corrected chi connectivity index (χ4v) is 11.0. The van der Waals surface area contributed by atoms with Crippen LogP contribution in [0.1, 0.15) is 126 Å². The summed E-state index contributed by atoms with van der Waals surface area (Å²) in [5.41, 5.74) is 15.8. The van der Waals surface area contributed by atoms with Gasteiger partial charge in [0.25, 0.3) is 11.8 Å². The maximum absolute atomic E-state index is 13.6. The molecule has 448 valence electrons. The molecule has 19 nitrogen and oxygen atoms in total. The van der Waals surface area contributed by atoms with Crippen molar-refractivity contribution in [2.24, 2.45) is 0 Å². The molecule has 4 aromatic carbocycles. The smallest absolute Gasteiger partial charge is 0.475 e. The zero-order chi connectivity index (χ0) is 61.5. The number of piperidine rings is 2. The van der Waals surface area contributed by atoms with E-state index >= 15 is 0 Å². The zero-order valence-electron chi connectivity index (χ0n) is 48.9. The van der Waals surface area contributed by atoms with Crippen LogP contribution in [0.5, 0.6) is 0 Å². The van der Waals surface area contributed by atoms with Crippen LogP contribution in [0.3, 0.4) is 0 Å². The number of imidazole rings is 2. The molecule has 6 heterocycles. The van der Waals surface area contributed by atoms with Crippen molar-refractivity contribution in [2.75, 3.05) is 73.7 Å². The van der Waals surface area contributed by atoms with Crippen molar-refractivity contribution in [1.82, 2.24) is 40.0 Å². The van der Waals surface area contributed by atoms with E-state index in [0.717, 1.165) is 132 Å². The first-order valence-corrected chi connectivity index (χ1v) is 28.1. The fourth-order valence-electron chi connectivity index (χ4n) is 11.0. The normalized spacial score (nSPS) is 15.2. The van der Waals surface area contributed by atoms with Crippen LogP contribution in [0.4, 0.5) is 22.8 Å². The molecule has 6 aromatic rings. The Morgan fingerprint density at radius 1 is 0.565 bits per heavy atom. The topological polar surface area (TPSA) is 260 Å². The summed E-state index contributed by atoms with van der Waals surface area (Å²) in [7, 11) is 3.91. The number of hydrogen-bond donors (Lipinski definition) is 4. The van der Waals surface area contributed by atoms with Crippen molar-refractivity contribution in [3.8, 4) is 34.9 Å². The number of nitrogens with one attached hydrogen (secondary N) is 3. The number of aliphatic carboxylic acids is 1. The number of benzene rings is 4. The SMILES string of the molecule is COC(=O)N1CCc2nc(-c3cc(C(=O)N4CCC(c5ccc(C#N)cc5)CC4)c(C)cc3C)[nH]c2CC1.COC(=O)OC.Cc1cc(C)c(-c2nc3c([nH]2)CCNCC3)cc1C(=O)N1CCC(c2ccc(C#N)cc2)CC1.O=C(O)C(F)(F)F. The molecule has 0 atom stereocenters. The van der Waals surface area contributed by atoms with Crippen molar-refractivity contribution in [1.29, 1.82) is 10.5 Å². The molecule has 4 aliphatic rings. The number of hydrogen-bond acceptors (Lipinski definition) is 13. The average Bonchev–Trinajstić information content (AvgIpc) is 3.87. The van der Waals surface area contributed by atoms with Gasteiger partial charge in [-0.2, -0.15) is 23.7 Å². The molecule has 4 N–H and O–H groups in total. The zero-order valence-corrected chi connectivity index (χ0v) is 48.9. The highest BCUT2D eigenvalue weighted by Gasteiger charge is 2.38. The third kappa shape index (κ3) is 16.2. The molecule has 0 radical (unpaired) electrons. The lowest BCUT2D eigenvalue weighted by molar-refractivity contribution is -0.192. The first-order chi connectivity index (χ1) is 40.7. The number of aromatic nitrogens is 4. The van der Waals surface area contributed by atoms with Gasteiger partial charge in [0.1, 0.15) is 11.6 Å². The number of carboxylic acids is 1. The summed E-state index contributed by atoms with van der Waals surface area (Å²) < 4.78 is 44.7. The van der Waals surface area contributed by atoms with Gasteiger partial charge in [-0.3, -0.25) is 9.59 Å². The largest absolute Gasteiger partial charge is 0.507 e. The highest BCUT2D eigenvalue weighted by Crippen LogP contribution is 2.34. The van der Waals surface area contributed by atoms with Crippen LogP contribution in [0.2, 0.25) is 0 Å². The second-order valence-electron chi connectivity index (χ2n) is 21.3. The number of likely N-dealkylation sites (tertiary alicyclic amines) is 2. The molecule has 0 unspecified atom stereocenters. The number of nitrogens with zero attached hydrogens (tertiary/aromatic N) is 7. The summed E-state index contributed by atoms with van der Waals surface area (Å²) in [6.07, 6.45) is 0.857. The molecule has 2 saturated heterocycles. The summed E-state index contributed by atoms with van der Waals surface area (Å²) in [6.45, 7) is 14.1. The molecule has 85 heavy (non-hydrogen) atoms. The monoisotopic (exact) mass is 1170 g/mol. The van der Waals surface area contributed by atoms with Crippen LogP contribution >= 0.6 is 0 Å². The van der Waals surface area contributed by atoms with Gasteiger partial charge in [-0.15, -0.1) is 0 Å². The van der Waals surface area contributed by atoms with E-state index in [-0.39, 0.29) is 17.9 Å². The van der Waals surface area contributed by atoms with Gasteiger partial charge in [-0.25, -0.2) is 24.4 Å². The standard InChI is InChI=1S/C30H33N5O3.C28H31N5O.C3H6O3.C2HF3O2/c1-19-16-20(2)25(29(36)34-12-8-23(9-13-34)22-6-4-21(18-31)5-7-22)17-24(19)28-32-26-10-14-35(30(37)38-3)15-11-27(26)33-28;1-18-15-19(2)24(16-23(18)27-31-25-7-11-30-12-8-26(25)32-27)28(34)33-13-9-22(10-14-33)21-5-3-20(17-29)4-6-21;1-5-3(4)6-2;3-2(4,5)1(6)7/h4-7,16-17,23H,8-15H2,1-3H3,(H,32,33);3-6,15-16,22,30H,7-14H2,1-2H3,(H,31,32);1-2H3;(H,6,7). The predicted molar refractivity (Wildman–Crippen MR) is 310 cm³/mol. The Morgan fingerprint density at radius 3 is 1.35 bits per heavy atom. The molecule has 0 spiro atoms. The number of H-pyrrole nitrogens is 2. The van der Waals surface area contributed by atoms with E-state index in [4.69, 9.17) is 35.1 Å². The second-order valence-corrected chi connectivity index (χ2v) is 21.3. The van der Waals surface area contributed by atoms with E-state index in [1.807, 2.05) is 79.1 Å². The number of aromatic amines is 2. The number of amides is 3. The summed E-state index contributed by atoms with van der Waals surface area (Å²) >= 11 is 0. The lowest BCUT2D eigenvalue weighted by Crippen LogP contribution is -2.38. The van der Waals surface area contributed by atoms with Crippen molar-refractivity contribution >= 4 is 30.0 Å². The fraction of sp³-hybridized carbons (Fsp3) is 0.413. The number of carboxylic acid groups (broad SMARTS) is 1. The third-order valence-electron chi connectivity index (χ3n) is 15.8. The number of ether oxygens (including phenoxy) is 3. The van der Waals surface area contributed by atoms with Crippen LogP contribution in [-0.2, 0) is 44.7 Å². The van der Waals surface area contributed by atoms with E-state index < -0.39 is 18.3 Å². The molecule has 3 amide bonds. The van der Waals surface area contributed by atoms with Crippen molar-refractivity contribution in [3.05, 3.63) is 151 Å². The molecule has 2 aromatic heterocycles. The van der Waals surface area contributed by atoms with Crippen LogP contribution < -0.4 is 5.32 Å². The molecule has 2 fully saturated rings. The molecule has 0 saturated carbocycles. The number of rotatable bonds is 6. The molecule has 0 aliphatic carbocycles. The van der Waals surface area contributed by atoms with Gasteiger partial charge in [0.05, 0.1) is 56.0 Å². The highest BCUT2D eigenvalue weighted by molar-refractivity contribution is 5.98. The number of halogens is 3. The minimum atomic E-state index is -5.08. The van der Waals surface area contributed by atoms with Gasteiger partial charge in [0.2, 0.25) is 0 Å². The second kappa shape index (κ2) is 29.0. The quantitative estimate of drug-likeness (QED) is 0.113. The van der Waals surface area contributed by atoms with Gasteiger partial charge in [0.15, 0.2) is 0 Å². The van der Waals surface area contributed by atoms with Crippen molar-refractivity contribution < 1.29 is 56.5 Å². The Bertz CT molecular complexity index is 3380. The number of fused-ring (bicyclic) bond motifs is 2. The maximum atomic E-state index is 13.6. The Labute approximate surface area is 492 Å². The van der Waals surface area contributed by atoms with Gasteiger partial charge in [0, 0.05) is 112 Å². The van der Waals surface area contributed by atoms with E-state index in [9.17, 15) is 32.3 Å². The van der Waals surface area contributed by atoms with E-state index in [1.165, 1.54) is 38.2 Å². The van der Waals surface area contributed by atoms with Crippen molar-refractivity contribution in [3.63, 3.8) is 0 Å². The van der Waals surface area contributed by atoms with E-state index in [0.29, 0.717) is 67.5 Å². The lowest BCUT2D eigenvalue weighted by atomic mass is 9.88. The van der Waals surface area contributed by atoms with Gasteiger partial charge >= 0.3 is 24.4 Å². The Morgan fingerprint density at radius 2 is 0.965 bits per heavy atom. The van der Waals surface area contributed by atoms with Gasteiger partial charge in [-0.05, 0) is 135 Å². The summed E-state index contributed by atoms with van der Waals surface area (Å²) in [6, 6.07) is 28.2. The molecule has 4 aliphatic heterocycles. The van der Waals surface area contributed by atoms with Gasteiger partial charge < -0.3 is 49.3 Å². The summed E-state index contributed by atoms with van der Waals surface area (Å²) in [4.78, 5) is 80.1. The first kappa shape index (κ1) is 63.6. The van der Waals surface area contributed by atoms with Crippen LogP contribution in [0.15, 0.2) is 72.8 Å². The number of carbonyl (C=O) groups excluding carboxylic acids is 4. The number of aryl methyl sites for hydroxylation is 4. The van der Waals surface area contributed by atoms with E-state index in [1.54, 1.807) is 4.90 Å². The third-order valence-corrected chi connectivity index (χ3v) is 15.8.